The molecule has 0 amide bonds. The SMILES string of the molecule is c1cc(-c2cc(-c3cccc(-n4c5ccccc5c5ccccc54)c3)cc(-n3c4ccccc4c4ccccc43)c2)cc(-n2c3ccccc3c3ccccc32)c1. The van der Waals surface area contributed by atoms with Gasteiger partial charge in [0, 0.05) is 49.4 Å². The molecule has 0 radical (unpaired) electrons. The van der Waals surface area contributed by atoms with Crippen LogP contribution in [0.15, 0.2) is 212 Å². The molecule has 0 fully saturated rings. The molecule has 0 saturated carbocycles. The fourth-order valence-electron chi connectivity index (χ4n) is 9.32. The molecular formula is C54H35N3. The van der Waals surface area contributed by atoms with Crippen molar-refractivity contribution in [3.63, 3.8) is 0 Å². The minimum atomic E-state index is 1.13. The summed E-state index contributed by atoms with van der Waals surface area (Å²) in [7, 11) is 0. The highest BCUT2D eigenvalue weighted by Crippen LogP contribution is 2.39. The van der Waals surface area contributed by atoms with Crippen LogP contribution in [0.25, 0.3) is 105 Å². The summed E-state index contributed by atoms with van der Waals surface area (Å²) in [6.45, 7) is 0. The predicted octanol–water partition coefficient (Wildman–Crippen LogP) is 14.3. The second-order valence-corrected chi connectivity index (χ2v) is 15.0. The molecule has 12 rings (SSSR count). The molecule has 3 heteroatoms. The predicted molar refractivity (Wildman–Crippen MR) is 240 cm³/mol. The monoisotopic (exact) mass is 725 g/mol. The molecule has 57 heavy (non-hydrogen) atoms. The van der Waals surface area contributed by atoms with Crippen LogP contribution in [0.4, 0.5) is 0 Å². The van der Waals surface area contributed by atoms with E-state index in [9.17, 15) is 0 Å². The van der Waals surface area contributed by atoms with Crippen molar-refractivity contribution in [3.05, 3.63) is 212 Å². The maximum Gasteiger partial charge on any atom is 0.0541 e. The van der Waals surface area contributed by atoms with Gasteiger partial charge < -0.3 is 13.7 Å². The molecule has 0 spiro atoms. The number of hydrogen-bond donors (Lipinski definition) is 0. The zero-order chi connectivity index (χ0) is 37.5. The van der Waals surface area contributed by atoms with Crippen molar-refractivity contribution >= 4 is 65.4 Å². The van der Waals surface area contributed by atoms with Crippen LogP contribution in [0.3, 0.4) is 0 Å². The second kappa shape index (κ2) is 12.5. The summed E-state index contributed by atoms with van der Waals surface area (Å²) in [4.78, 5) is 0. The number of benzene rings is 9. The molecule has 0 atom stereocenters. The molecule has 0 aliphatic rings. The topological polar surface area (TPSA) is 14.8 Å². The van der Waals surface area contributed by atoms with E-state index in [4.69, 9.17) is 0 Å². The minimum absolute atomic E-state index is 1.13. The number of aromatic nitrogens is 3. The Bertz CT molecular complexity index is 3200. The molecule has 3 heterocycles. The van der Waals surface area contributed by atoms with Crippen molar-refractivity contribution in [1.82, 2.24) is 13.7 Å². The van der Waals surface area contributed by atoms with Gasteiger partial charge in [-0.25, -0.2) is 0 Å². The molecule has 0 aliphatic heterocycles. The third-order valence-corrected chi connectivity index (χ3v) is 11.8. The van der Waals surface area contributed by atoms with Crippen molar-refractivity contribution in [3.8, 4) is 39.3 Å². The first-order chi connectivity index (χ1) is 28.3. The first kappa shape index (κ1) is 31.7. The summed E-state index contributed by atoms with van der Waals surface area (Å²) in [5, 5.41) is 7.55. The normalized spacial score (nSPS) is 11.9. The van der Waals surface area contributed by atoms with Gasteiger partial charge in [0.2, 0.25) is 0 Å². The fourth-order valence-corrected chi connectivity index (χ4v) is 9.32. The molecular weight excluding hydrogens is 691 g/mol. The smallest absolute Gasteiger partial charge is 0.0541 e. The summed E-state index contributed by atoms with van der Waals surface area (Å²) in [6, 6.07) is 77.6. The molecule has 3 aromatic heterocycles. The van der Waals surface area contributed by atoms with Gasteiger partial charge in [-0.3, -0.25) is 0 Å². The Kier molecular flexibility index (Phi) is 6.93. The first-order valence-corrected chi connectivity index (χ1v) is 19.6. The van der Waals surface area contributed by atoms with E-state index in [2.05, 4.69) is 226 Å². The number of nitrogens with zero attached hydrogens (tertiary/aromatic N) is 3. The number of rotatable bonds is 5. The second-order valence-electron chi connectivity index (χ2n) is 15.0. The van der Waals surface area contributed by atoms with E-state index >= 15 is 0 Å². The Morgan fingerprint density at radius 2 is 0.456 bits per heavy atom. The quantitative estimate of drug-likeness (QED) is 0.168. The van der Waals surface area contributed by atoms with Crippen molar-refractivity contribution in [2.75, 3.05) is 0 Å². The highest BCUT2D eigenvalue weighted by molar-refractivity contribution is 6.11. The van der Waals surface area contributed by atoms with Crippen LogP contribution in [-0.4, -0.2) is 13.7 Å². The van der Waals surface area contributed by atoms with Gasteiger partial charge in [-0.15, -0.1) is 0 Å². The summed E-state index contributed by atoms with van der Waals surface area (Å²) in [6.07, 6.45) is 0. The standard InChI is InChI=1S/C54H35N3/c1-7-25-49-43(19-1)44-20-2-8-26-50(44)55(49)40-17-13-15-36(32-40)38-31-39(35-42(34-38)57-53-29-11-5-23-47(53)48-24-6-12-30-54(48)57)37-16-14-18-41(33-37)56-51-27-9-3-21-45(51)46-22-4-10-28-52(46)56/h1-35H. The maximum atomic E-state index is 2.44. The van der Waals surface area contributed by atoms with E-state index in [-0.39, 0.29) is 0 Å². The summed E-state index contributed by atoms with van der Waals surface area (Å²) in [5.74, 6) is 0. The van der Waals surface area contributed by atoms with E-state index < -0.39 is 0 Å². The highest BCUT2D eigenvalue weighted by Gasteiger charge is 2.17. The zero-order valence-electron chi connectivity index (χ0n) is 31.0. The lowest BCUT2D eigenvalue weighted by atomic mass is 9.97. The molecule has 0 saturated heterocycles. The molecule has 0 bridgehead atoms. The van der Waals surface area contributed by atoms with Crippen LogP contribution in [0.5, 0.6) is 0 Å². The van der Waals surface area contributed by atoms with E-state index in [0.717, 1.165) is 39.3 Å². The lowest BCUT2D eigenvalue weighted by Crippen LogP contribution is -1.98. The summed E-state index contributed by atoms with van der Waals surface area (Å²) in [5.41, 5.74) is 15.3. The number of fused-ring (bicyclic) bond motifs is 9. The van der Waals surface area contributed by atoms with Gasteiger partial charge in [0.25, 0.3) is 0 Å². The van der Waals surface area contributed by atoms with E-state index in [1.165, 1.54) is 65.4 Å². The molecule has 266 valence electrons. The van der Waals surface area contributed by atoms with Crippen LogP contribution in [0.1, 0.15) is 0 Å². The van der Waals surface area contributed by atoms with Gasteiger partial charge in [-0.05, 0) is 101 Å². The third-order valence-electron chi connectivity index (χ3n) is 11.8. The van der Waals surface area contributed by atoms with E-state index in [1.54, 1.807) is 0 Å². The van der Waals surface area contributed by atoms with E-state index in [1.807, 2.05) is 0 Å². The van der Waals surface area contributed by atoms with Crippen LogP contribution < -0.4 is 0 Å². The lowest BCUT2D eigenvalue weighted by Gasteiger charge is -2.16. The molecule has 3 nitrogen and oxygen atoms in total. The lowest BCUT2D eigenvalue weighted by molar-refractivity contribution is 1.17. The molecule has 0 unspecified atom stereocenters. The average molecular weight is 726 g/mol. The Morgan fingerprint density at radius 3 is 0.772 bits per heavy atom. The third kappa shape index (κ3) is 4.86. The van der Waals surface area contributed by atoms with Crippen LogP contribution in [0.2, 0.25) is 0 Å². The van der Waals surface area contributed by atoms with Crippen LogP contribution in [-0.2, 0) is 0 Å². The zero-order valence-corrected chi connectivity index (χ0v) is 31.0. The first-order valence-electron chi connectivity index (χ1n) is 19.6. The van der Waals surface area contributed by atoms with Gasteiger partial charge in [0.15, 0.2) is 0 Å². The van der Waals surface area contributed by atoms with Crippen LogP contribution >= 0.6 is 0 Å². The van der Waals surface area contributed by atoms with Crippen molar-refractivity contribution in [2.24, 2.45) is 0 Å². The van der Waals surface area contributed by atoms with Crippen molar-refractivity contribution < 1.29 is 0 Å². The average Bonchev–Trinajstić information content (AvgIpc) is 3.92. The van der Waals surface area contributed by atoms with Crippen molar-refractivity contribution in [2.45, 2.75) is 0 Å². The Labute approximate surface area is 329 Å². The van der Waals surface area contributed by atoms with Gasteiger partial charge in [0.05, 0.1) is 33.1 Å². The van der Waals surface area contributed by atoms with E-state index in [0.29, 0.717) is 0 Å². The highest BCUT2D eigenvalue weighted by atomic mass is 15.0. The maximum absolute atomic E-state index is 2.44. The molecule has 12 aromatic rings. The Hall–Kier alpha value is -7.62. The van der Waals surface area contributed by atoms with Gasteiger partial charge >= 0.3 is 0 Å². The Balaban J connectivity index is 1.10. The number of hydrogen-bond acceptors (Lipinski definition) is 0. The van der Waals surface area contributed by atoms with Crippen molar-refractivity contribution in [1.29, 1.82) is 0 Å². The number of para-hydroxylation sites is 6. The van der Waals surface area contributed by atoms with Crippen LogP contribution in [0, 0.1) is 0 Å². The van der Waals surface area contributed by atoms with Gasteiger partial charge in [0.1, 0.15) is 0 Å². The Morgan fingerprint density at radius 1 is 0.193 bits per heavy atom. The van der Waals surface area contributed by atoms with Gasteiger partial charge in [-0.1, -0.05) is 133 Å². The minimum Gasteiger partial charge on any atom is -0.309 e. The fraction of sp³-hybridized carbons (Fsp3) is 0. The largest absolute Gasteiger partial charge is 0.309 e. The molecule has 0 aliphatic carbocycles. The summed E-state index contributed by atoms with van der Waals surface area (Å²) >= 11 is 0. The molecule has 0 N–H and O–H groups in total. The summed E-state index contributed by atoms with van der Waals surface area (Å²) < 4.78 is 7.24. The molecule has 9 aromatic carbocycles. The van der Waals surface area contributed by atoms with Gasteiger partial charge in [-0.2, -0.15) is 0 Å².